The lowest BCUT2D eigenvalue weighted by atomic mass is 10.0. The maximum Gasteiger partial charge on any atom is 0.260 e. The van der Waals surface area contributed by atoms with E-state index in [1.54, 1.807) is 17.3 Å². The molecule has 0 atom stereocenters. The highest BCUT2D eigenvalue weighted by atomic mass is 16.5. The number of fused-ring (bicyclic) bond motifs is 1. The van der Waals surface area contributed by atoms with Gasteiger partial charge >= 0.3 is 0 Å². The van der Waals surface area contributed by atoms with Gasteiger partial charge in [-0.15, -0.1) is 0 Å². The summed E-state index contributed by atoms with van der Waals surface area (Å²) >= 11 is 0. The minimum absolute atomic E-state index is 0.00183. The number of rotatable bonds is 5. The van der Waals surface area contributed by atoms with E-state index in [1.807, 2.05) is 30.3 Å². The summed E-state index contributed by atoms with van der Waals surface area (Å²) in [6, 6.07) is 12.1. The van der Waals surface area contributed by atoms with Crippen molar-refractivity contribution in [3.63, 3.8) is 0 Å². The van der Waals surface area contributed by atoms with E-state index in [1.165, 1.54) is 18.4 Å². The molecule has 0 spiro atoms. The van der Waals surface area contributed by atoms with E-state index in [-0.39, 0.29) is 12.5 Å². The fourth-order valence-electron chi connectivity index (χ4n) is 3.77. The lowest BCUT2D eigenvalue weighted by Gasteiger charge is -2.26. The second kappa shape index (κ2) is 7.79. The van der Waals surface area contributed by atoms with Gasteiger partial charge in [0.05, 0.1) is 24.4 Å². The minimum Gasteiger partial charge on any atom is -0.484 e. The quantitative estimate of drug-likeness (QED) is 0.669. The van der Waals surface area contributed by atoms with Crippen molar-refractivity contribution in [1.29, 1.82) is 0 Å². The van der Waals surface area contributed by atoms with Crippen LogP contribution in [0.2, 0.25) is 0 Å². The molecule has 3 aromatic rings. The first-order valence-electron chi connectivity index (χ1n) is 10.1. The third-order valence-corrected chi connectivity index (χ3v) is 5.53. The van der Waals surface area contributed by atoms with Crippen molar-refractivity contribution in [2.75, 3.05) is 32.9 Å². The number of carbonyl (C=O) groups is 1. The average molecular weight is 389 g/mol. The third kappa shape index (κ3) is 3.93. The lowest BCUT2D eigenvalue weighted by molar-refractivity contribution is -0.137. The summed E-state index contributed by atoms with van der Waals surface area (Å²) in [6.45, 7) is 2.50. The fourth-order valence-corrected chi connectivity index (χ4v) is 3.77. The molecule has 2 aliphatic rings. The topological polar surface area (TPSA) is 64.5 Å². The highest BCUT2D eigenvalue weighted by Crippen LogP contribution is 2.44. The van der Waals surface area contributed by atoms with Gasteiger partial charge in [-0.3, -0.25) is 9.78 Å². The van der Waals surface area contributed by atoms with Gasteiger partial charge in [-0.25, -0.2) is 4.98 Å². The standard InChI is InChI=1S/C23H23N3O3/c27-23(26-9-11-28-12-10-26)15-29-18-3-4-21-20(13-18)19(16-1-2-16)14-22(25-21)17-5-7-24-8-6-17/h3-8,13-14,16H,1-2,9-12,15H2. The molecule has 6 nitrogen and oxygen atoms in total. The van der Waals surface area contributed by atoms with Crippen LogP contribution in [-0.2, 0) is 9.53 Å². The monoisotopic (exact) mass is 389 g/mol. The van der Waals surface area contributed by atoms with Gasteiger partial charge in [0.25, 0.3) is 5.91 Å². The Morgan fingerprint density at radius 3 is 2.66 bits per heavy atom. The molecule has 6 heteroatoms. The number of benzene rings is 1. The Hall–Kier alpha value is -2.99. The predicted molar refractivity (Wildman–Crippen MR) is 110 cm³/mol. The Balaban J connectivity index is 1.41. The second-order valence-electron chi connectivity index (χ2n) is 7.57. The van der Waals surface area contributed by atoms with Crippen molar-refractivity contribution in [3.05, 3.63) is 54.4 Å². The van der Waals surface area contributed by atoms with Crippen LogP contribution in [0.15, 0.2) is 48.8 Å². The molecule has 1 amide bonds. The van der Waals surface area contributed by atoms with Gasteiger partial charge in [-0.05, 0) is 60.7 Å². The molecule has 5 rings (SSSR count). The zero-order chi connectivity index (χ0) is 19.6. The van der Waals surface area contributed by atoms with Crippen molar-refractivity contribution >= 4 is 16.8 Å². The Labute approximate surface area is 169 Å². The average Bonchev–Trinajstić information content (AvgIpc) is 3.63. The molecule has 0 unspecified atom stereocenters. The summed E-state index contributed by atoms with van der Waals surface area (Å²) in [6.07, 6.45) is 5.99. The first kappa shape index (κ1) is 18.1. The zero-order valence-electron chi connectivity index (χ0n) is 16.2. The third-order valence-electron chi connectivity index (χ3n) is 5.53. The van der Waals surface area contributed by atoms with E-state index in [2.05, 4.69) is 11.1 Å². The highest BCUT2D eigenvalue weighted by Gasteiger charge is 2.27. The lowest BCUT2D eigenvalue weighted by Crippen LogP contribution is -2.42. The number of amides is 1. The van der Waals surface area contributed by atoms with Crippen LogP contribution in [0.1, 0.15) is 24.3 Å². The predicted octanol–water partition coefficient (Wildman–Crippen LogP) is 3.41. The second-order valence-corrected chi connectivity index (χ2v) is 7.57. The molecule has 1 aromatic carbocycles. The summed E-state index contributed by atoms with van der Waals surface area (Å²) < 4.78 is 11.1. The van der Waals surface area contributed by atoms with Gasteiger partial charge < -0.3 is 14.4 Å². The van der Waals surface area contributed by atoms with Crippen molar-refractivity contribution in [2.24, 2.45) is 0 Å². The first-order valence-corrected chi connectivity index (χ1v) is 10.1. The number of hydrogen-bond donors (Lipinski definition) is 0. The van der Waals surface area contributed by atoms with E-state index in [9.17, 15) is 4.79 Å². The number of hydrogen-bond acceptors (Lipinski definition) is 5. The van der Waals surface area contributed by atoms with Gasteiger partial charge in [-0.2, -0.15) is 0 Å². The molecule has 29 heavy (non-hydrogen) atoms. The van der Waals surface area contributed by atoms with Gasteiger partial charge in [-0.1, -0.05) is 0 Å². The van der Waals surface area contributed by atoms with Crippen LogP contribution in [0.3, 0.4) is 0 Å². The summed E-state index contributed by atoms with van der Waals surface area (Å²) in [5.41, 5.74) is 4.30. The van der Waals surface area contributed by atoms with Crippen LogP contribution in [0.5, 0.6) is 5.75 Å². The number of pyridine rings is 2. The SMILES string of the molecule is O=C(COc1ccc2nc(-c3ccncc3)cc(C3CC3)c2c1)N1CCOCC1. The number of carbonyl (C=O) groups excluding carboxylic acids is 1. The summed E-state index contributed by atoms with van der Waals surface area (Å²) in [4.78, 5) is 23.1. The summed E-state index contributed by atoms with van der Waals surface area (Å²) in [7, 11) is 0. The number of nitrogens with zero attached hydrogens (tertiary/aromatic N) is 3. The first-order chi connectivity index (χ1) is 14.3. The Morgan fingerprint density at radius 1 is 1.10 bits per heavy atom. The van der Waals surface area contributed by atoms with Gasteiger partial charge in [0.2, 0.25) is 0 Å². The van der Waals surface area contributed by atoms with Crippen molar-refractivity contribution in [3.8, 4) is 17.0 Å². The number of ether oxygens (including phenoxy) is 2. The normalized spacial score (nSPS) is 16.8. The van der Waals surface area contributed by atoms with Crippen LogP contribution in [-0.4, -0.2) is 53.7 Å². The molecule has 148 valence electrons. The van der Waals surface area contributed by atoms with Gasteiger partial charge in [0, 0.05) is 36.4 Å². The minimum atomic E-state index is 0.00183. The van der Waals surface area contributed by atoms with E-state index >= 15 is 0 Å². The maximum absolute atomic E-state index is 12.3. The zero-order valence-corrected chi connectivity index (χ0v) is 16.2. The summed E-state index contributed by atoms with van der Waals surface area (Å²) in [5.74, 6) is 1.28. The highest BCUT2D eigenvalue weighted by molar-refractivity contribution is 5.87. The number of morpholine rings is 1. The summed E-state index contributed by atoms with van der Waals surface area (Å²) in [5, 5.41) is 1.11. The smallest absolute Gasteiger partial charge is 0.260 e. The van der Waals surface area contributed by atoms with Crippen molar-refractivity contribution < 1.29 is 14.3 Å². The van der Waals surface area contributed by atoms with Gasteiger partial charge in [0.15, 0.2) is 6.61 Å². The molecular formula is C23H23N3O3. The largest absolute Gasteiger partial charge is 0.484 e. The Kier molecular flexibility index (Phi) is 4.86. The van der Waals surface area contributed by atoms with E-state index in [0.717, 1.165) is 22.2 Å². The van der Waals surface area contributed by atoms with E-state index < -0.39 is 0 Å². The molecule has 1 saturated carbocycles. The maximum atomic E-state index is 12.3. The molecule has 2 aromatic heterocycles. The van der Waals surface area contributed by atoms with E-state index in [0.29, 0.717) is 38.0 Å². The van der Waals surface area contributed by atoms with Crippen LogP contribution in [0, 0.1) is 0 Å². The number of aromatic nitrogens is 2. The van der Waals surface area contributed by atoms with Crippen LogP contribution in [0.4, 0.5) is 0 Å². The van der Waals surface area contributed by atoms with Crippen LogP contribution in [0.25, 0.3) is 22.2 Å². The molecule has 3 heterocycles. The molecule has 0 N–H and O–H groups in total. The molecular weight excluding hydrogens is 366 g/mol. The van der Waals surface area contributed by atoms with Crippen LogP contribution >= 0.6 is 0 Å². The Bertz CT molecular complexity index is 1030. The van der Waals surface area contributed by atoms with Crippen molar-refractivity contribution in [2.45, 2.75) is 18.8 Å². The molecule has 0 bridgehead atoms. The van der Waals surface area contributed by atoms with Crippen molar-refractivity contribution in [1.82, 2.24) is 14.9 Å². The molecule has 1 saturated heterocycles. The molecule has 2 fully saturated rings. The van der Waals surface area contributed by atoms with E-state index in [4.69, 9.17) is 14.5 Å². The molecule has 1 aliphatic carbocycles. The Morgan fingerprint density at radius 2 is 1.90 bits per heavy atom. The molecule has 0 radical (unpaired) electrons. The molecule has 1 aliphatic heterocycles. The van der Waals surface area contributed by atoms with Gasteiger partial charge in [0.1, 0.15) is 5.75 Å². The van der Waals surface area contributed by atoms with Crippen LogP contribution < -0.4 is 4.74 Å². The fraction of sp³-hybridized carbons (Fsp3) is 0.348.